The maximum atomic E-state index is 10.8. The molecule has 6 heteroatoms. The van der Waals surface area contributed by atoms with Crippen molar-refractivity contribution in [3.8, 4) is 0 Å². The first-order valence-electron chi connectivity index (χ1n) is 7.05. The molecular weight excluding hydrogens is 298 g/mol. The molecule has 0 bridgehead atoms. The van der Waals surface area contributed by atoms with Crippen molar-refractivity contribution in [3.63, 3.8) is 0 Å². The van der Waals surface area contributed by atoms with Crippen molar-refractivity contribution in [2.45, 2.75) is 30.3 Å². The summed E-state index contributed by atoms with van der Waals surface area (Å²) in [7, 11) is 0. The number of thioether (sulfide) groups is 1. The summed E-state index contributed by atoms with van der Waals surface area (Å²) in [6.45, 7) is 0. The lowest BCUT2D eigenvalue weighted by Crippen LogP contribution is -2.24. The Morgan fingerprint density at radius 1 is 1.32 bits per heavy atom. The topological polar surface area (TPSA) is 75.1 Å². The normalized spacial score (nSPS) is 11.9. The third-order valence-electron chi connectivity index (χ3n) is 3.21. The second kappa shape index (κ2) is 8.38. The van der Waals surface area contributed by atoms with Crippen LogP contribution in [-0.4, -0.2) is 33.3 Å². The van der Waals surface area contributed by atoms with Crippen LogP contribution in [0.3, 0.4) is 0 Å². The number of nitrogens with one attached hydrogen (secondary N) is 1. The SMILES string of the molecule is CSc1cncc(NC(CCC(=O)O)Cc2ccccc2)n1. The van der Waals surface area contributed by atoms with Crippen LogP contribution in [0.25, 0.3) is 0 Å². The van der Waals surface area contributed by atoms with E-state index in [9.17, 15) is 4.79 Å². The van der Waals surface area contributed by atoms with E-state index in [1.807, 2.05) is 36.6 Å². The van der Waals surface area contributed by atoms with Gasteiger partial charge in [-0.1, -0.05) is 30.3 Å². The molecule has 1 atom stereocenters. The zero-order chi connectivity index (χ0) is 15.8. The number of aliphatic carboxylic acids is 1. The highest BCUT2D eigenvalue weighted by atomic mass is 32.2. The van der Waals surface area contributed by atoms with E-state index in [2.05, 4.69) is 15.3 Å². The number of rotatable bonds is 8. The smallest absolute Gasteiger partial charge is 0.303 e. The summed E-state index contributed by atoms with van der Waals surface area (Å²) in [4.78, 5) is 19.4. The highest BCUT2D eigenvalue weighted by Crippen LogP contribution is 2.16. The van der Waals surface area contributed by atoms with Gasteiger partial charge in [-0.05, 0) is 24.7 Å². The molecular formula is C16H19N3O2S. The van der Waals surface area contributed by atoms with E-state index >= 15 is 0 Å². The molecule has 0 radical (unpaired) electrons. The summed E-state index contributed by atoms with van der Waals surface area (Å²) in [6, 6.07) is 10.0. The number of hydrogen-bond donors (Lipinski definition) is 2. The van der Waals surface area contributed by atoms with Gasteiger partial charge in [-0.15, -0.1) is 11.8 Å². The molecule has 2 N–H and O–H groups in total. The van der Waals surface area contributed by atoms with Gasteiger partial charge in [0.15, 0.2) is 0 Å². The number of hydrogen-bond acceptors (Lipinski definition) is 5. The van der Waals surface area contributed by atoms with Crippen LogP contribution >= 0.6 is 11.8 Å². The zero-order valence-electron chi connectivity index (χ0n) is 12.4. The molecule has 1 aromatic carbocycles. The Balaban J connectivity index is 2.07. The van der Waals surface area contributed by atoms with Crippen molar-refractivity contribution in [3.05, 3.63) is 48.3 Å². The molecule has 0 spiro atoms. The summed E-state index contributed by atoms with van der Waals surface area (Å²) in [5.74, 6) is -0.109. The van der Waals surface area contributed by atoms with Crippen LogP contribution in [-0.2, 0) is 11.2 Å². The Kier molecular flexibility index (Phi) is 6.21. The lowest BCUT2D eigenvalue weighted by Gasteiger charge is -2.19. The van der Waals surface area contributed by atoms with E-state index in [4.69, 9.17) is 5.11 Å². The standard InChI is InChI=1S/C16H19N3O2S/c1-22-15-11-17-10-14(19-15)18-13(7-8-16(20)21)9-12-5-3-2-4-6-12/h2-6,10-11,13H,7-9H2,1H3,(H,18,19)(H,20,21). The average Bonchev–Trinajstić information content (AvgIpc) is 2.54. The fraction of sp³-hybridized carbons (Fsp3) is 0.312. The van der Waals surface area contributed by atoms with Gasteiger partial charge in [-0.2, -0.15) is 0 Å². The van der Waals surface area contributed by atoms with E-state index in [1.165, 1.54) is 17.3 Å². The summed E-state index contributed by atoms with van der Waals surface area (Å²) in [5.41, 5.74) is 1.17. The minimum Gasteiger partial charge on any atom is -0.481 e. The van der Waals surface area contributed by atoms with E-state index in [0.29, 0.717) is 12.2 Å². The van der Waals surface area contributed by atoms with Crippen molar-refractivity contribution < 1.29 is 9.90 Å². The maximum absolute atomic E-state index is 10.8. The summed E-state index contributed by atoms with van der Waals surface area (Å²) < 4.78 is 0. The molecule has 0 aliphatic rings. The lowest BCUT2D eigenvalue weighted by atomic mass is 10.0. The van der Waals surface area contributed by atoms with Gasteiger partial charge in [-0.3, -0.25) is 9.78 Å². The molecule has 0 saturated heterocycles. The molecule has 2 rings (SSSR count). The molecule has 0 aliphatic carbocycles. The minimum atomic E-state index is -0.788. The molecule has 0 fully saturated rings. The molecule has 0 amide bonds. The van der Waals surface area contributed by atoms with Gasteiger partial charge in [0.1, 0.15) is 10.8 Å². The minimum absolute atomic E-state index is 0.00454. The van der Waals surface area contributed by atoms with E-state index in [1.54, 1.807) is 12.4 Å². The Morgan fingerprint density at radius 2 is 2.09 bits per heavy atom. The van der Waals surface area contributed by atoms with E-state index in [-0.39, 0.29) is 12.5 Å². The van der Waals surface area contributed by atoms with Crippen LogP contribution in [0.4, 0.5) is 5.82 Å². The first-order chi connectivity index (χ1) is 10.7. The van der Waals surface area contributed by atoms with Crippen molar-refractivity contribution in [1.29, 1.82) is 0 Å². The second-order valence-electron chi connectivity index (χ2n) is 4.91. The van der Waals surface area contributed by atoms with Crippen LogP contribution in [0.1, 0.15) is 18.4 Å². The summed E-state index contributed by atoms with van der Waals surface area (Å²) in [5, 5.41) is 13.1. The quantitative estimate of drug-likeness (QED) is 0.729. The van der Waals surface area contributed by atoms with Crippen LogP contribution in [0.5, 0.6) is 0 Å². The molecule has 1 heterocycles. The number of carboxylic acid groups (broad SMARTS) is 1. The number of carboxylic acids is 1. The monoisotopic (exact) mass is 317 g/mol. The first kappa shape index (κ1) is 16.3. The molecule has 1 aromatic heterocycles. The number of nitrogens with zero attached hydrogens (tertiary/aromatic N) is 2. The zero-order valence-corrected chi connectivity index (χ0v) is 13.2. The van der Waals surface area contributed by atoms with Crippen molar-refractivity contribution in [1.82, 2.24) is 9.97 Å². The molecule has 116 valence electrons. The molecule has 2 aromatic rings. The van der Waals surface area contributed by atoms with Crippen LogP contribution < -0.4 is 5.32 Å². The second-order valence-corrected chi connectivity index (χ2v) is 5.74. The molecule has 5 nitrogen and oxygen atoms in total. The lowest BCUT2D eigenvalue weighted by molar-refractivity contribution is -0.137. The van der Waals surface area contributed by atoms with E-state index in [0.717, 1.165) is 11.4 Å². The predicted octanol–water partition coefficient (Wildman–Crippen LogP) is 3.09. The van der Waals surface area contributed by atoms with Gasteiger partial charge in [-0.25, -0.2) is 4.98 Å². The fourth-order valence-electron chi connectivity index (χ4n) is 2.15. The largest absolute Gasteiger partial charge is 0.481 e. The Morgan fingerprint density at radius 3 is 2.77 bits per heavy atom. The van der Waals surface area contributed by atoms with Gasteiger partial charge < -0.3 is 10.4 Å². The molecule has 1 unspecified atom stereocenters. The highest BCUT2D eigenvalue weighted by Gasteiger charge is 2.13. The first-order valence-corrected chi connectivity index (χ1v) is 8.28. The Bertz CT molecular complexity index is 607. The van der Waals surface area contributed by atoms with E-state index < -0.39 is 5.97 Å². The maximum Gasteiger partial charge on any atom is 0.303 e. The van der Waals surface area contributed by atoms with Crippen LogP contribution in [0.15, 0.2) is 47.8 Å². The van der Waals surface area contributed by atoms with Gasteiger partial charge in [0.25, 0.3) is 0 Å². The van der Waals surface area contributed by atoms with Crippen molar-refractivity contribution in [2.75, 3.05) is 11.6 Å². The Hall–Kier alpha value is -2.08. The van der Waals surface area contributed by atoms with Crippen LogP contribution in [0, 0.1) is 0 Å². The summed E-state index contributed by atoms with van der Waals surface area (Å²) >= 11 is 1.52. The fourth-order valence-corrected chi connectivity index (χ4v) is 2.50. The molecule has 0 saturated carbocycles. The number of anilines is 1. The number of aromatic nitrogens is 2. The molecule has 22 heavy (non-hydrogen) atoms. The van der Waals surface area contributed by atoms with Gasteiger partial charge in [0.05, 0.1) is 12.4 Å². The number of carbonyl (C=O) groups is 1. The average molecular weight is 317 g/mol. The van der Waals surface area contributed by atoms with Gasteiger partial charge >= 0.3 is 5.97 Å². The third-order valence-corrected chi connectivity index (χ3v) is 3.82. The van der Waals surface area contributed by atoms with Crippen molar-refractivity contribution in [2.24, 2.45) is 0 Å². The van der Waals surface area contributed by atoms with Crippen molar-refractivity contribution >= 4 is 23.5 Å². The number of benzene rings is 1. The van der Waals surface area contributed by atoms with Gasteiger partial charge in [0, 0.05) is 12.5 Å². The summed E-state index contributed by atoms with van der Waals surface area (Å²) in [6.07, 6.45) is 6.73. The molecule has 0 aliphatic heterocycles. The van der Waals surface area contributed by atoms with Gasteiger partial charge in [0.2, 0.25) is 0 Å². The predicted molar refractivity (Wildman–Crippen MR) is 88.2 cm³/mol. The Labute approximate surface area is 134 Å². The highest BCUT2D eigenvalue weighted by molar-refractivity contribution is 7.98. The van der Waals surface area contributed by atoms with Crippen LogP contribution in [0.2, 0.25) is 0 Å². The third kappa shape index (κ3) is 5.37.